The molecule has 0 saturated heterocycles. The van der Waals surface area contributed by atoms with Gasteiger partial charge in [-0.05, 0) is 49.8 Å². The van der Waals surface area contributed by atoms with Crippen molar-refractivity contribution in [1.82, 2.24) is 0 Å². The minimum Gasteiger partial charge on any atom is -0.493 e. The zero-order chi connectivity index (χ0) is 21.8. The van der Waals surface area contributed by atoms with E-state index in [-0.39, 0.29) is 5.78 Å². The largest absolute Gasteiger partial charge is 0.493 e. The lowest BCUT2D eigenvalue weighted by Gasteiger charge is -2.14. The van der Waals surface area contributed by atoms with E-state index in [1.54, 1.807) is 38.5 Å². The molecule has 0 amide bonds. The zero-order valence-corrected chi connectivity index (χ0v) is 18.1. The highest BCUT2D eigenvalue weighted by Crippen LogP contribution is 2.33. The van der Waals surface area contributed by atoms with Crippen LogP contribution in [0.1, 0.15) is 36.2 Å². The molecule has 0 N–H and O–H groups in total. The fourth-order valence-electron chi connectivity index (χ4n) is 2.73. The quantitative estimate of drug-likeness (QED) is 0.266. The van der Waals surface area contributed by atoms with Gasteiger partial charge in [0.15, 0.2) is 28.8 Å². The Hall–Kier alpha value is -2.99. The van der Waals surface area contributed by atoms with Crippen LogP contribution in [0, 0.1) is 0 Å². The molecule has 0 aliphatic carbocycles. The highest BCUT2D eigenvalue weighted by molar-refractivity contribution is 6.07. The Morgan fingerprint density at radius 1 is 0.900 bits per heavy atom. The maximum absolute atomic E-state index is 12.7. The van der Waals surface area contributed by atoms with Gasteiger partial charge in [-0.25, -0.2) is 0 Å². The summed E-state index contributed by atoms with van der Waals surface area (Å²) < 4.78 is 27.5. The Bertz CT molecular complexity index is 844. The lowest BCUT2D eigenvalue weighted by atomic mass is 10.1. The molecule has 0 atom stereocenters. The number of hydrogen-bond donors (Lipinski definition) is 0. The second-order valence-electron chi connectivity index (χ2n) is 6.36. The molecule has 0 radical (unpaired) electrons. The SMILES string of the molecule is CCCOc1c(/C=C/C(=O)c2ccc(OCCOC)c(OC)c2)cccc1OCC. The molecule has 0 saturated carbocycles. The van der Waals surface area contributed by atoms with Crippen molar-refractivity contribution in [1.29, 1.82) is 0 Å². The van der Waals surface area contributed by atoms with Crippen molar-refractivity contribution in [3.05, 3.63) is 53.6 Å². The standard InChI is InChI=1S/C24H30O6/c1-5-14-30-24-18(8-7-9-22(24)28-6-2)10-12-20(25)19-11-13-21(23(17-19)27-4)29-16-15-26-3/h7-13,17H,5-6,14-16H2,1-4H3/b12-10+. The number of rotatable bonds is 13. The van der Waals surface area contributed by atoms with E-state index < -0.39 is 0 Å². The predicted molar refractivity (Wildman–Crippen MR) is 117 cm³/mol. The number of methoxy groups -OCH3 is 2. The first-order valence-corrected chi connectivity index (χ1v) is 10.0. The molecule has 0 aliphatic heterocycles. The van der Waals surface area contributed by atoms with Gasteiger partial charge in [0.2, 0.25) is 0 Å². The Balaban J connectivity index is 2.21. The molecular weight excluding hydrogens is 384 g/mol. The number of benzene rings is 2. The molecule has 0 unspecified atom stereocenters. The van der Waals surface area contributed by atoms with E-state index in [4.69, 9.17) is 23.7 Å². The minimum absolute atomic E-state index is 0.153. The molecule has 2 rings (SSSR count). The number of ether oxygens (including phenoxy) is 5. The van der Waals surface area contributed by atoms with Gasteiger partial charge in [0.25, 0.3) is 0 Å². The van der Waals surface area contributed by atoms with Gasteiger partial charge >= 0.3 is 0 Å². The molecule has 162 valence electrons. The smallest absolute Gasteiger partial charge is 0.185 e. The lowest BCUT2D eigenvalue weighted by molar-refractivity contribution is 0.104. The summed E-state index contributed by atoms with van der Waals surface area (Å²) in [6, 6.07) is 10.7. The van der Waals surface area contributed by atoms with Crippen molar-refractivity contribution in [3.8, 4) is 23.0 Å². The number of carbonyl (C=O) groups is 1. The molecule has 6 heteroatoms. The first-order valence-electron chi connectivity index (χ1n) is 10.0. The third-order valence-electron chi connectivity index (χ3n) is 4.17. The van der Waals surface area contributed by atoms with Crippen LogP contribution in [-0.2, 0) is 4.74 Å². The highest BCUT2D eigenvalue weighted by atomic mass is 16.5. The normalized spacial score (nSPS) is 10.8. The van der Waals surface area contributed by atoms with Gasteiger partial charge in [0.1, 0.15) is 6.61 Å². The van der Waals surface area contributed by atoms with Gasteiger partial charge in [-0.2, -0.15) is 0 Å². The van der Waals surface area contributed by atoms with Gasteiger partial charge < -0.3 is 23.7 Å². The van der Waals surface area contributed by atoms with Gasteiger partial charge in [0, 0.05) is 18.2 Å². The van der Waals surface area contributed by atoms with E-state index in [0.29, 0.717) is 55.0 Å². The fourth-order valence-corrected chi connectivity index (χ4v) is 2.73. The summed E-state index contributed by atoms with van der Waals surface area (Å²) >= 11 is 0. The number of ketones is 1. The van der Waals surface area contributed by atoms with Crippen molar-refractivity contribution >= 4 is 11.9 Å². The second kappa shape index (κ2) is 12.5. The maximum Gasteiger partial charge on any atom is 0.185 e. The summed E-state index contributed by atoms with van der Waals surface area (Å²) in [7, 11) is 3.15. The summed E-state index contributed by atoms with van der Waals surface area (Å²) in [5.41, 5.74) is 1.29. The zero-order valence-electron chi connectivity index (χ0n) is 18.1. The summed E-state index contributed by atoms with van der Waals surface area (Å²) in [5, 5.41) is 0. The van der Waals surface area contributed by atoms with Crippen molar-refractivity contribution in [2.24, 2.45) is 0 Å². The van der Waals surface area contributed by atoms with Crippen molar-refractivity contribution in [3.63, 3.8) is 0 Å². The summed E-state index contributed by atoms with van der Waals surface area (Å²) in [6.45, 7) is 5.93. The van der Waals surface area contributed by atoms with Crippen LogP contribution >= 0.6 is 0 Å². The summed E-state index contributed by atoms with van der Waals surface area (Å²) in [6.07, 6.45) is 4.14. The number of hydrogen-bond acceptors (Lipinski definition) is 6. The van der Waals surface area contributed by atoms with E-state index in [1.807, 2.05) is 32.0 Å². The van der Waals surface area contributed by atoms with Crippen LogP contribution in [0.3, 0.4) is 0 Å². The third-order valence-corrected chi connectivity index (χ3v) is 4.17. The number of allylic oxidation sites excluding steroid dienone is 1. The molecule has 2 aromatic rings. The fraction of sp³-hybridized carbons (Fsp3) is 0.375. The van der Waals surface area contributed by atoms with E-state index >= 15 is 0 Å². The van der Waals surface area contributed by atoms with Crippen LogP contribution in [0.15, 0.2) is 42.5 Å². The predicted octanol–water partition coefficient (Wildman–Crippen LogP) is 4.80. The molecule has 0 spiro atoms. The van der Waals surface area contributed by atoms with Crippen LogP contribution in [0.25, 0.3) is 6.08 Å². The summed E-state index contributed by atoms with van der Waals surface area (Å²) in [5.74, 6) is 2.22. The minimum atomic E-state index is -0.153. The number of para-hydroxylation sites is 1. The Morgan fingerprint density at radius 3 is 2.43 bits per heavy atom. The first kappa shape index (κ1) is 23.3. The monoisotopic (exact) mass is 414 g/mol. The van der Waals surface area contributed by atoms with E-state index in [2.05, 4.69) is 0 Å². The summed E-state index contributed by atoms with van der Waals surface area (Å²) in [4.78, 5) is 12.7. The van der Waals surface area contributed by atoms with Crippen molar-refractivity contribution in [2.75, 3.05) is 40.6 Å². The molecule has 0 fully saturated rings. The molecule has 0 aliphatic rings. The van der Waals surface area contributed by atoms with Crippen molar-refractivity contribution in [2.45, 2.75) is 20.3 Å². The van der Waals surface area contributed by atoms with E-state index in [0.717, 1.165) is 12.0 Å². The van der Waals surface area contributed by atoms with Crippen LogP contribution in [0.4, 0.5) is 0 Å². The van der Waals surface area contributed by atoms with Gasteiger partial charge in [0.05, 0.1) is 26.9 Å². The van der Waals surface area contributed by atoms with Crippen LogP contribution in [0.5, 0.6) is 23.0 Å². The molecule has 0 aromatic heterocycles. The van der Waals surface area contributed by atoms with Gasteiger partial charge in [-0.1, -0.05) is 19.1 Å². The Morgan fingerprint density at radius 2 is 1.73 bits per heavy atom. The molecule has 2 aromatic carbocycles. The molecular formula is C24H30O6. The van der Waals surface area contributed by atoms with E-state index in [9.17, 15) is 4.79 Å². The van der Waals surface area contributed by atoms with Gasteiger partial charge in [-0.3, -0.25) is 4.79 Å². The lowest BCUT2D eigenvalue weighted by Crippen LogP contribution is -2.06. The van der Waals surface area contributed by atoms with Gasteiger partial charge in [-0.15, -0.1) is 0 Å². The average molecular weight is 414 g/mol. The van der Waals surface area contributed by atoms with E-state index in [1.165, 1.54) is 6.08 Å². The first-order chi connectivity index (χ1) is 14.6. The maximum atomic E-state index is 12.7. The van der Waals surface area contributed by atoms with Crippen LogP contribution < -0.4 is 18.9 Å². The average Bonchev–Trinajstić information content (AvgIpc) is 2.77. The third kappa shape index (κ3) is 6.52. The molecule has 0 bridgehead atoms. The molecule has 30 heavy (non-hydrogen) atoms. The topological polar surface area (TPSA) is 63.2 Å². The number of carbonyl (C=O) groups excluding carboxylic acids is 1. The van der Waals surface area contributed by atoms with Crippen molar-refractivity contribution < 1.29 is 28.5 Å². The van der Waals surface area contributed by atoms with Crippen LogP contribution in [-0.4, -0.2) is 46.4 Å². The Labute approximate surface area is 178 Å². The van der Waals surface area contributed by atoms with Crippen LogP contribution in [0.2, 0.25) is 0 Å². The molecule has 6 nitrogen and oxygen atoms in total. The molecule has 0 heterocycles. The second-order valence-corrected chi connectivity index (χ2v) is 6.36. The Kier molecular flexibility index (Phi) is 9.74. The highest BCUT2D eigenvalue weighted by Gasteiger charge is 2.12.